The van der Waals surface area contributed by atoms with Gasteiger partial charge in [0.05, 0.1) is 31.3 Å². The molecule has 3 rings (SSSR count). The monoisotopic (exact) mass is 331 g/mol. The lowest BCUT2D eigenvalue weighted by Gasteiger charge is -2.30. The number of ether oxygens (including phenoxy) is 2. The largest absolute Gasteiger partial charge is 0.466 e. The van der Waals surface area contributed by atoms with E-state index in [2.05, 4.69) is 0 Å². The molecular weight excluding hydrogens is 313 g/mol. The van der Waals surface area contributed by atoms with Crippen molar-refractivity contribution in [1.82, 2.24) is 4.90 Å². The van der Waals surface area contributed by atoms with E-state index in [1.807, 2.05) is 4.90 Å². The Morgan fingerprint density at radius 2 is 1.67 bits per heavy atom. The maximum atomic E-state index is 13.7. The van der Waals surface area contributed by atoms with Crippen molar-refractivity contribution in [3.63, 3.8) is 0 Å². The first-order valence-electron chi connectivity index (χ1n) is 7.68. The topological polar surface area (TPSA) is 55.8 Å². The number of benzene rings is 1. The van der Waals surface area contributed by atoms with Gasteiger partial charge in [0.1, 0.15) is 5.82 Å². The van der Waals surface area contributed by atoms with Crippen LogP contribution >= 0.6 is 0 Å². The summed E-state index contributed by atoms with van der Waals surface area (Å²) in [6.45, 7) is 0. The third-order valence-electron chi connectivity index (χ3n) is 4.19. The SMILES string of the molecule is COC(=O)C1=CN(C2CC2)C=C(C(=O)OC)C1c1cccc(F)c1. The van der Waals surface area contributed by atoms with Crippen LogP contribution in [0.1, 0.15) is 24.3 Å². The Balaban J connectivity index is 2.11. The number of hydrogen-bond acceptors (Lipinski definition) is 5. The minimum atomic E-state index is -0.726. The first kappa shape index (κ1) is 16.2. The minimum absolute atomic E-state index is 0.262. The van der Waals surface area contributed by atoms with Crippen LogP contribution in [0.4, 0.5) is 4.39 Å². The van der Waals surface area contributed by atoms with E-state index in [1.54, 1.807) is 24.5 Å². The van der Waals surface area contributed by atoms with Gasteiger partial charge in [-0.25, -0.2) is 14.0 Å². The van der Waals surface area contributed by atoms with Gasteiger partial charge < -0.3 is 14.4 Å². The van der Waals surface area contributed by atoms with Crippen molar-refractivity contribution in [1.29, 1.82) is 0 Å². The Morgan fingerprint density at radius 3 is 2.12 bits per heavy atom. The van der Waals surface area contributed by atoms with Crippen LogP contribution in [-0.2, 0) is 19.1 Å². The first-order valence-corrected chi connectivity index (χ1v) is 7.68. The van der Waals surface area contributed by atoms with E-state index >= 15 is 0 Å². The lowest BCUT2D eigenvalue weighted by atomic mass is 9.83. The molecule has 1 heterocycles. The Kier molecular flexibility index (Phi) is 4.38. The zero-order valence-electron chi connectivity index (χ0n) is 13.5. The van der Waals surface area contributed by atoms with Crippen molar-refractivity contribution in [3.8, 4) is 0 Å². The molecule has 0 radical (unpaired) electrons. The molecule has 0 aromatic heterocycles. The molecule has 1 saturated carbocycles. The zero-order valence-corrected chi connectivity index (χ0v) is 13.5. The molecule has 1 fully saturated rings. The van der Waals surface area contributed by atoms with Crippen LogP contribution in [0.25, 0.3) is 0 Å². The van der Waals surface area contributed by atoms with Gasteiger partial charge in [0.25, 0.3) is 0 Å². The van der Waals surface area contributed by atoms with Gasteiger partial charge in [-0.15, -0.1) is 0 Å². The fourth-order valence-electron chi connectivity index (χ4n) is 2.88. The molecule has 0 unspecified atom stereocenters. The van der Waals surface area contributed by atoms with E-state index < -0.39 is 23.7 Å². The molecule has 5 nitrogen and oxygen atoms in total. The molecule has 126 valence electrons. The summed E-state index contributed by atoms with van der Waals surface area (Å²) in [4.78, 5) is 26.4. The second-order valence-corrected chi connectivity index (χ2v) is 5.82. The maximum Gasteiger partial charge on any atom is 0.336 e. The molecule has 1 aromatic rings. The molecule has 6 heteroatoms. The molecule has 1 aliphatic carbocycles. The fraction of sp³-hybridized carbons (Fsp3) is 0.333. The number of rotatable bonds is 4. The van der Waals surface area contributed by atoms with Gasteiger partial charge in [-0.3, -0.25) is 0 Å². The lowest BCUT2D eigenvalue weighted by Crippen LogP contribution is -2.29. The highest BCUT2D eigenvalue weighted by molar-refractivity contribution is 5.98. The summed E-state index contributed by atoms with van der Waals surface area (Å²) in [6, 6.07) is 6.10. The van der Waals surface area contributed by atoms with E-state index in [-0.39, 0.29) is 17.2 Å². The van der Waals surface area contributed by atoms with E-state index in [9.17, 15) is 14.0 Å². The van der Waals surface area contributed by atoms with Gasteiger partial charge >= 0.3 is 11.9 Å². The fourth-order valence-corrected chi connectivity index (χ4v) is 2.88. The predicted octanol–water partition coefficient (Wildman–Crippen LogP) is 2.50. The maximum absolute atomic E-state index is 13.7. The van der Waals surface area contributed by atoms with E-state index in [0.717, 1.165) is 12.8 Å². The van der Waals surface area contributed by atoms with Crippen LogP contribution in [0.3, 0.4) is 0 Å². The van der Waals surface area contributed by atoms with Crippen LogP contribution in [0.15, 0.2) is 47.8 Å². The summed E-state index contributed by atoms with van der Waals surface area (Å²) < 4.78 is 23.4. The number of carbonyl (C=O) groups is 2. The highest BCUT2D eigenvalue weighted by atomic mass is 19.1. The summed E-state index contributed by atoms with van der Waals surface area (Å²) >= 11 is 0. The normalized spacial score (nSPS) is 17.9. The van der Waals surface area contributed by atoms with E-state index in [1.165, 1.54) is 26.4 Å². The van der Waals surface area contributed by atoms with Crippen LogP contribution in [0.5, 0.6) is 0 Å². The Labute approximate surface area is 139 Å². The van der Waals surface area contributed by atoms with Crippen molar-refractivity contribution in [2.24, 2.45) is 0 Å². The van der Waals surface area contributed by atoms with Crippen LogP contribution in [-0.4, -0.2) is 37.1 Å². The van der Waals surface area contributed by atoms with Gasteiger partial charge in [0.15, 0.2) is 0 Å². The van der Waals surface area contributed by atoms with Crippen LogP contribution < -0.4 is 0 Å². The van der Waals surface area contributed by atoms with Crippen molar-refractivity contribution in [2.75, 3.05) is 14.2 Å². The number of nitrogens with zero attached hydrogens (tertiary/aromatic N) is 1. The number of carbonyl (C=O) groups excluding carboxylic acids is 2. The summed E-state index contributed by atoms with van der Waals surface area (Å²) in [5.74, 6) is -2.27. The molecule has 1 aliphatic heterocycles. The van der Waals surface area contributed by atoms with Crippen LogP contribution in [0.2, 0.25) is 0 Å². The molecular formula is C18H18FNO4. The van der Waals surface area contributed by atoms with Gasteiger partial charge in [-0.2, -0.15) is 0 Å². The third kappa shape index (κ3) is 3.04. The van der Waals surface area contributed by atoms with Crippen molar-refractivity contribution < 1.29 is 23.5 Å². The van der Waals surface area contributed by atoms with Gasteiger partial charge in [0.2, 0.25) is 0 Å². The van der Waals surface area contributed by atoms with Crippen molar-refractivity contribution >= 4 is 11.9 Å². The van der Waals surface area contributed by atoms with Crippen molar-refractivity contribution in [3.05, 3.63) is 59.2 Å². The molecule has 1 aromatic carbocycles. The highest BCUT2D eigenvalue weighted by Crippen LogP contribution is 2.40. The van der Waals surface area contributed by atoms with Crippen molar-refractivity contribution in [2.45, 2.75) is 24.8 Å². The number of halogens is 1. The van der Waals surface area contributed by atoms with Crippen LogP contribution in [0, 0.1) is 5.82 Å². The molecule has 0 spiro atoms. The smallest absolute Gasteiger partial charge is 0.336 e. The second-order valence-electron chi connectivity index (χ2n) is 5.82. The van der Waals surface area contributed by atoms with E-state index in [4.69, 9.17) is 9.47 Å². The Morgan fingerprint density at radius 1 is 1.08 bits per heavy atom. The summed E-state index contributed by atoms with van der Waals surface area (Å²) in [5.41, 5.74) is 1.08. The molecule has 2 aliphatic rings. The van der Waals surface area contributed by atoms with Gasteiger partial charge in [0, 0.05) is 18.4 Å². The zero-order chi connectivity index (χ0) is 17.3. The highest BCUT2D eigenvalue weighted by Gasteiger charge is 2.38. The Hall–Kier alpha value is -2.63. The number of methoxy groups -OCH3 is 2. The molecule has 24 heavy (non-hydrogen) atoms. The third-order valence-corrected chi connectivity index (χ3v) is 4.19. The second kappa shape index (κ2) is 6.47. The minimum Gasteiger partial charge on any atom is -0.466 e. The van der Waals surface area contributed by atoms with Gasteiger partial charge in [-0.1, -0.05) is 12.1 Å². The first-order chi connectivity index (χ1) is 11.5. The van der Waals surface area contributed by atoms with E-state index in [0.29, 0.717) is 5.56 Å². The molecule has 0 atom stereocenters. The predicted molar refractivity (Wildman–Crippen MR) is 84.2 cm³/mol. The molecule has 0 N–H and O–H groups in total. The van der Waals surface area contributed by atoms with Gasteiger partial charge in [-0.05, 0) is 30.5 Å². The molecule has 0 saturated heterocycles. The molecule has 0 amide bonds. The summed E-state index contributed by atoms with van der Waals surface area (Å²) in [5, 5.41) is 0. The lowest BCUT2D eigenvalue weighted by molar-refractivity contribution is -0.137. The number of hydrogen-bond donors (Lipinski definition) is 0. The summed E-state index contributed by atoms with van der Waals surface area (Å²) in [6.07, 6.45) is 5.35. The number of esters is 2. The molecule has 0 bridgehead atoms. The Bertz CT molecular complexity index is 702. The average Bonchev–Trinajstić information content (AvgIpc) is 3.44. The average molecular weight is 331 g/mol. The standard InChI is InChI=1S/C18H18FNO4/c1-23-17(21)14-9-20(13-6-7-13)10-15(18(22)24-2)16(14)11-4-3-5-12(19)8-11/h3-5,8-10,13,16H,6-7H2,1-2H3. The quantitative estimate of drug-likeness (QED) is 0.794. The summed E-state index contributed by atoms with van der Waals surface area (Å²) in [7, 11) is 2.56.